The number of amides is 1. The Morgan fingerprint density at radius 2 is 2.00 bits per heavy atom. The predicted octanol–water partition coefficient (Wildman–Crippen LogP) is 2.07. The second kappa shape index (κ2) is 6.00. The van der Waals surface area contributed by atoms with Crippen LogP contribution in [0.5, 0.6) is 5.75 Å². The molecule has 19 heavy (non-hydrogen) atoms. The molecule has 1 aromatic carbocycles. The number of nitrogens with one attached hydrogen (secondary N) is 1. The summed E-state index contributed by atoms with van der Waals surface area (Å²) in [6.07, 6.45) is 4.24. The van der Waals surface area contributed by atoms with Crippen molar-refractivity contribution < 1.29 is 9.90 Å². The van der Waals surface area contributed by atoms with Gasteiger partial charge in [-0.2, -0.15) is 0 Å². The van der Waals surface area contributed by atoms with Crippen LogP contribution < -0.4 is 5.32 Å². The van der Waals surface area contributed by atoms with E-state index in [-0.39, 0.29) is 11.7 Å². The lowest BCUT2D eigenvalue weighted by Crippen LogP contribution is -2.25. The lowest BCUT2D eigenvalue weighted by Gasteiger charge is -2.06. The number of phenols is 1. The van der Waals surface area contributed by atoms with Crippen molar-refractivity contribution in [3.8, 4) is 5.75 Å². The highest BCUT2D eigenvalue weighted by atomic mass is 16.3. The highest BCUT2D eigenvalue weighted by molar-refractivity contribution is 5.94. The number of benzene rings is 1. The molecule has 0 saturated heterocycles. The fourth-order valence-corrected chi connectivity index (χ4v) is 1.77. The minimum atomic E-state index is -0.128. The third-order valence-electron chi connectivity index (χ3n) is 2.91. The van der Waals surface area contributed by atoms with Crippen molar-refractivity contribution in [2.45, 2.75) is 13.3 Å². The van der Waals surface area contributed by atoms with Crippen LogP contribution in [0.2, 0.25) is 0 Å². The normalized spacial score (nSPS) is 10.2. The number of hydrogen-bond acceptors (Lipinski definition) is 3. The minimum absolute atomic E-state index is 0.128. The van der Waals surface area contributed by atoms with Crippen LogP contribution in [0.15, 0.2) is 42.7 Å². The van der Waals surface area contributed by atoms with Gasteiger partial charge in [-0.3, -0.25) is 9.78 Å². The molecule has 98 valence electrons. The molecule has 4 nitrogen and oxygen atoms in total. The van der Waals surface area contributed by atoms with E-state index in [4.69, 9.17) is 0 Å². The first-order valence-corrected chi connectivity index (χ1v) is 6.13. The van der Waals surface area contributed by atoms with Gasteiger partial charge in [0.2, 0.25) is 0 Å². The van der Waals surface area contributed by atoms with Crippen LogP contribution in [0.1, 0.15) is 21.5 Å². The van der Waals surface area contributed by atoms with Crippen molar-refractivity contribution in [2.24, 2.45) is 0 Å². The monoisotopic (exact) mass is 256 g/mol. The van der Waals surface area contributed by atoms with E-state index in [1.807, 2.05) is 12.1 Å². The quantitative estimate of drug-likeness (QED) is 0.880. The SMILES string of the molecule is Cc1cc(C(=O)NCCc2ccncc2)ccc1O. The molecule has 0 spiro atoms. The Kier molecular flexibility index (Phi) is 4.13. The molecule has 2 N–H and O–H groups in total. The van der Waals surface area contributed by atoms with Gasteiger partial charge in [-0.15, -0.1) is 0 Å². The number of rotatable bonds is 4. The van der Waals surface area contributed by atoms with E-state index in [9.17, 15) is 9.90 Å². The number of aryl methyl sites for hydroxylation is 1. The molecule has 1 heterocycles. The molecule has 0 atom stereocenters. The zero-order chi connectivity index (χ0) is 13.7. The minimum Gasteiger partial charge on any atom is -0.508 e. The van der Waals surface area contributed by atoms with Crippen molar-refractivity contribution >= 4 is 5.91 Å². The van der Waals surface area contributed by atoms with Gasteiger partial charge in [-0.05, 0) is 54.8 Å². The van der Waals surface area contributed by atoms with Crippen molar-refractivity contribution in [3.05, 3.63) is 59.4 Å². The maximum atomic E-state index is 11.9. The molecule has 0 aliphatic carbocycles. The van der Waals surface area contributed by atoms with Gasteiger partial charge in [0.05, 0.1) is 0 Å². The first-order chi connectivity index (χ1) is 9.16. The average Bonchev–Trinajstić information content (AvgIpc) is 2.43. The molecule has 0 aliphatic rings. The smallest absolute Gasteiger partial charge is 0.251 e. The molecule has 0 aliphatic heterocycles. The van der Waals surface area contributed by atoms with Gasteiger partial charge in [-0.1, -0.05) is 0 Å². The number of hydrogen-bond donors (Lipinski definition) is 2. The van der Waals surface area contributed by atoms with Crippen molar-refractivity contribution in [3.63, 3.8) is 0 Å². The van der Waals surface area contributed by atoms with Gasteiger partial charge in [0, 0.05) is 24.5 Å². The summed E-state index contributed by atoms with van der Waals surface area (Å²) in [4.78, 5) is 15.8. The summed E-state index contributed by atoms with van der Waals surface area (Å²) in [6, 6.07) is 8.68. The highest BCUT2D eigenvalue weighted by Gasteiger charge is 2.06. The molecule has 0 bridgehead atoms. The Morgan fingerprint density at radius 1 is 1.26 bits per heavy atom. The van der Waals surface area contributed by atoms with E-state index >= 15 is 0 Å². The molecule has 1 amide bonds. The van der Waals surface area contributed by atoms with E-state index in [2.05, 4.69) is 10.3 Å². The Morgan fingerprint density at radius 3 is 2.68 bits per heavy atom. The first kappa shape index (κ1) is 13.1. The van der Waals surface area contributed by atoms with Crippen molar-refractivity contribution in [1.82, 2.24) is 10.3 Å². The standard InChI is InChI=1S/C15H16N2O2/c1-11-10-13(2-3-14(11)18)15(19)17-9-6-12-4-7-16-8-5-12/h2-5,7-8,10,18H,6,9H2,1H3,(H,17,19). The van der Waals surface area contributed by atoms with Crippen LogP contribution in [0.4, 0.5) is 0 Å². The zero-order valence-electron chi connectivity index (χ0n) is 10.8. The van der Waals surface area contributed by atoms with E-state index < -0.39 is 0 Å². The Balaban J connectivity index is 1.89. The number of aromatic nitrogens is 1. The molecule has 0 unspecified atom stereocenters. The zero-order valence-corrected chi connectivity index (χ0v) is 10.8. The van der Waals surface area contributed by atoms with E-state index in [0.717, 1.165) is 12.0 Å². The topological polar surface area (TPSA) is 62.2 Å². The maximum absolute atomic E-state index is 11.9. The largest absolute Gasteiger partial charge is 0.508 e. The second-order valence-electron chi connectivity index (χ2n) is 4.36. The molecule has 2 aromatic rings. The Bertz CT molecular complexity index is 568. The van der Waals surface area contributed by atoms with Crippen LogP contribution in [-0.2, 0) is 6.42 Å². The van der Waals surface area contributed by atoms with Gasteiger partial charge in [-0.25, -0.2) is 0 Å². The summed E-state index contributed by atoms with van der Waals surface area (Å²) in [5, 5.41) is 12.3. The Labute approximate surface area is 112 Å². The summed E-state index contributed by atoms with van der Waals surface area (Å²) in [5.74, 6) is 0.0745. The number of pyridine rings is 1. The molecule has 0 fully saturated rings. The predicted molar refractivity (Wildman–Crippen MR) is 73.1 cm³/mol. The number of phenolic OH excluding ortho intramolecular Hbond substituents is 1. The van der Waals surface area contributed by atoms with Crippen LogP contribution in [0, 0.1) is 6.92 Å². The van der Waals surface area contributed by atoms with Crippen molar-refractivity contribution in [2.75, 3.05) is 6.54 Å². The molecule has 0 saturated carbocycles. The van der Waals surface area contributed by atoms with Gasteiger partial charge >= 0.3 is 0 Å². The Hall–Kier alpha value is -2.36. The lowest BCUT2D eigenvalue weighted by atomic mass is 10.1. The fourth-order valence-electron chi connectivity index (χ4n) is 1.77. The number of carbonyl (C=O) groups is 1. The summed E-state index contributed by atoms with van der Waals surface area (Å²) in [5.41, 5.74) is 2.39. The van der Waals surface area contributed by atoms with Crippen LogP contribution in [0.3, 0.4) is 0 Å². The number of nitrogens with zero attached hydrogens (tertiary/aromatic N) is 1. The lowest BCUT2D eigenvalue weighted by molar-refractivity contribution is 0.0954. The van der Waals surface area contributed by atoms with Gasteiger partial charge in [0.1, 0.15) is 5.75 Å². The molecule has 1 aromatic heterocycles. The molecule has 4 heteroatoms. The van der Waals surface area contributed by atoms with Crippen molar-refractivity contribution in [1.29, 1.82) is 0 Å². The van der Waals surface area contributed by atoms with E-state index in [0.29, 0.717) is 17.7 Å². The van der Waals surface area contributed by atoms with E-state index in [1.54, 1.807) is 31.5 Å². The molecular weight excluding hydrogens is 240 g/mol. The number of aromatic hydroxyl groups is 1. The third kappa shape index (κ3) is 3.55. The van der Waals surface area contributed by atoms with E-state index in [1.165, 1.54) is 6.07 Å². The number of carbonyl (C=O) groups excluding carboxylic acids is 1. The maximum Gasteiger partial charge on any atom is 0.251 e. The van der Waals surface area contributed by atoms with Crippen LogP contribution >= 0.6 is 0 Å². The molecular formula is C15H16N2O2. The summed E-state index contributed by atoms with van der Waals surface area (Å²) in [7, 11) is 0. The van der Waals surface area contributed by atoms with Gasteiger partial charge in [0.15, 0.2) is 0 Å². The summed E-state index contributed by atoms with van der Waals surface area (Å²) in [6.45, 7) is 2.34. The molecule has 2 rings (SSSR count). The van der Waals surface area contributed by atoms with Gasteiger partial charge in [0.25, 0.3) is 5.91 Å². The second-order valence-corrected chi connectivity index (χ2v) is 4.36. The summed E-state index contributed by atoms with van der Waals surface area (Å²) >= 11 is 0. The van der Waals surface area contributed by atoms with Crippen LogP contribution in [-0.4, -0.2) is 22.5 Å². The highest BCUT2D eigenvalue weighted by Crippen LogP contribution is 2.16. The van der Waals surface area contributed by atoms with Crippen LogP contribution in [0.25, 0.3) is 0 Å². The first-order valence-electron chi connectivity index (χ1n) is 6.13. The fraction of sp³-hybridized carbons (Fsp3) is 0.200. The molecule has 0 radical (unpaired) electrons. The van der Waals surface area contributed by atoms with Gasteiger partial charge < -0.3 is 10.4 Å². The third-order valence-corrected chi connectivity index (χ3v) is 2.91. The summed E-state index contributed by atoms with van der Waals surface area (Å²) < 4.78 is 0. The average molecular weight is 256 g/mol.